The molecule has 0 bridgehead atoms. The van der Waals surface area contributed by atoms with Gasteiger partial charge in [-0.15, -0.1) is 16.4 Å². The van der Waals surface area contributed by atoms with Crippen molar-refractivity contribution in [3.05, 3.63) is 22.4 Å². The first-order valence-corrected chi connectivity index (χ1v) is 8.50. The molecule has 1 aliphatic rings. The molecule has 1 saturated carbocycles. The Balaban J connectivity index is 1.72. The Morgan fingerprint density at radius 2 is 2.19 bits per heavy atom. The molecule has 0 N–H and O–H groups in total. The molecule has 21 heavy (non-hydrogen) atoms. The zero-order valence-corrected chi connectivity index (χ0v) is 13.5. The second kappa shape index (κ2) is 6.62. The Hall–Kier alpha value is -1.34. The quantitative estimate of drug-likeness (QED) is 0.850. The van der Waals surface area contributed by atoms with Crippen LogP contribution in [0.15, 0.2) is 11.6 Å². The first-order chi connectivity index (χ1) is 10.3. The van der Waals surface area contributed by atoms with Gasteiger partial charge in [-0.25, -0.2) is 9.67 Å². The van der Waals surface area contributed by atoms with Gasteiger partial charge in [0.25, 0.3) is 0 Å². The SMILES string of the molecule is CC(c1nnnn1C1CCCCC1)N(C)Cc1nccs1. The van der Waals surface area contributed by atoms with Crippen LogP contribution in [0.25, 0.3) is 0 Å². The molecule has 1 aliphatic carbocycles. The largest absolute Gasteiger partial charge is 0.290 e. The summed E-state index contributed by atoms with van der Waals surface area (Å²) in [7, 11) is 2.10. The van der Waals surface area contributed by atoms with E-state index in [9.17, 15) is 0 Å². The fourth-order valence-electron chi connectivity index (χ4n) is 2.94. The van der Waals surface area contributed by atoms with Crippen molar-refractivity contribution in [2.24, 2.45) is 0 Å². The highest BCUT2D eigenvalue weighted by Gasteiger charge is 2.25. The summed E-state index contributed by atoms with van der Waals surface area (Å²) in [6, 6.07) is 0.658. The normalized spacial score (nSPS) is 18.2. The maximum Gasteiger partial charge on any atom is 0.168 e. The van der Waals surface area contributed by atoms with Crippen LogP contribution in [-0.4, -0.2) is 37.1 Å². The van der Waals surface area contributed by atoms with E-state index in [-0.39, 0.29) is 6.04 Å². The van der Waals surface area contributed by atoms with Crippen LogP contribution in [-0.2, 0) is 6.54 Å². The van der Waals surface area contributed by atoms with Crippen molar-refractivity contribution in [2.45, 2.75) is 57.7 Å². The summed E-state index contributed by atoms with van der Waals surface area (Å²) < 4.78 is 2.06. The van der Waals surface area contributed by atoms with Gasteiger partial charge in [-0.1, -0.05) is 19.3 Å². The van der Waals surface area contributed by atoms with E-state index in [2.05, 4.69) is 44.1 Å². The first kappa shape index (κ1) is 14.6. The molecule has 1 unspecified atom stereocenters. The average molecular weight is 306 g/mol. The number of nitrogens with zero attached hydrogens (tertiary/aromatic N) is 6. The molecule has 2 heterocycles. The topological polar surface area (TPSA) is 59.7 Å². The van der Waals surface area contributed by atoms with Crippen LogP contribution >= 0.6 is 11.3 Å². The highest BCUT2D eigenvalue weighted by Crippen LogP contribution is 2.30. The first-order valence-electron chi connectivity index (χ1n) is 7.62. The summed E-state index contributed by atoms with van der Waals surface area (Å²) in [5, 5.41) is 15.6. The molecule has 1 fully saturated rings. The Morgan fingerprint density at radius 1 is 1.38 bits per heavy atom. The van der Waals surface area contributed by atoms with Crippen molar-refractivity contribution in [3.8, 4) is 0 Å². The Kier molecular flexibility index (Phi) is 4.60. The molecule has 2 aromatic heterocycles. The van der Waals surface area contributed by atoms with Crippen molar-refractivity contribution in [2.75, 3.05) is 7.05 Å². The fraction of sp³-hybridized carbons (Fsp3) is 0.714. The molecule has 7 heteroatoms. The molecule has 114 valence electrons. The van der Waals surface area contributed by atoms with Crippen molar-refractivity contribution in [1.82, 2.24) is 30.1 Å². The van der Waals surface area contributed by atoms with Crippen molar-refractivity contribution in [3.63, 3.8) is 0 Å². The molecule has 6 nitrogen and oxygen atoms in total. The van der Waals surface area contributed by atoms with Gasteiger partial charge in [0.1, 0.15) is 5.01 Å². The van der Waals surface area contributed by atoms with Crippen LogP contribution in [0.1, 0.15) is 61.9 Å². The summed E-state index contributed by atoms with van der Waals surface area (Å²) in [6.07, 6.45) is 8.15. The smallest absolute Gasteiger partial charge is 0.168 e. The molecule has 0 spiro atoms. The second-order valence-electron chi connectivity index (χ2n) is 5.79. The van der Waals surface area contributed by atoms with Crippen LogP contribution in [0.4, 0.5) is 0 Å². The van der Waals surface area contributed by atoms with Gasteiger partial charge in [0.15, 0.2) is 5.82 Å². The Labute approximate surface area is 129 Å². The zero-order valence-electron chi connectivity index (χ0n) is 12.6. The number of hydrogen-bond acceptors (Lipinski definition) is 6. The molecule has 0 radical (unpaired) electrons. The average Bonchev–Trinajstić information content (AvgIpc) is 3.18. The predicted octanol–water partition coefficient (Wildman–Crippen LogP) is 2.83. The number of thiazole rings is 1. The third-order valence-electron chi connectivity index (χ3n) is 4.34. The van der Waals surface area contributed by atoms with E-state index in [0.29, 0.717) is 6.04 Å². The lowest BCUT2D eigenvalue weighted by Crippen LogP contribution is -2.27. The molecular weight excluding hydrogens is 284 g/mol. The van der Waals surface area contributed by atoms with Gasteiger partial charge in [-0.2, -0.15) is 0 Å². The summed E-state index contributed by atoms with van der Waals surface area (Å²) in [6.45, 7) is 3.00. The Morgan fingerprint density at radius 3 is 2.90 bits per heavy atom. The summed E-state index contributed by atoms with van der Waals surface area (Å²) >= 11 is 1.69. The van der Waals surface area contributed by atoms with E-state index in [4.69, 9.17) is 0 Å². The minimum Gasteiger partial charge on any atom is -0.290 e. The third-order valence-corrected chi connectivity index (χ3v) is 5.11. The van der Waals surface area contributed by atoms with E-state index in [0.717, 1.165) is 17.4 Å². The van der Waals surface area contributed by atoms with E-state index in [1.807, 2.05) is 11.6 Å². The van der Waals surface area contributed by atoms with E-state index in [1.54, 1.807) is 11.3 Å². The third kappa shape index (κ3) is 3.29. The monoisotopic (exact) mass is 306 g/mol. The summed E-state index contributed by atoms with van der Waals surface area (Å²) in [4.78, 5) is 6.60. The highest BCUT2D eigenvalue weighted by molar-refractivity contribution is 7.09. The maximum atomic E-state index is 4.35. The van der Waals surface area contributed by atoms with E-state index in [1.165, 1.54) is 32.1 Å². The number of rotatable bonds is 5. The zero-order chi connectivity index (χ0) is 14.7. The van der Waals surface area contributed by atoms with Gasteiger partial charge in [0, 0.05) is 11.6 Å². The minimum absolute atomic E-state index is 0.186. The van der Waals surface area contributed by atoms with Gasteiger partial charge >= 0.3 is 0 Å². The number of aromatic nitrogens is 5. The summed E-state index contributed by atoms with van der Waals surface area (Å²) in [5.41, 5.74) is 0. The van der Waals surface area contributed by atoms with Crippen molar-refractivity contribution in [1.29, 1.82) is 0 Å². The standard InChI is InChI=1S/C14H22N6S/c1-11(19(2)10-13-15-8-9-21-13)14-16-17-18-20(14)12-6-4-3-5-7-12/h8-9,11-12H,3-7,10H2,1-2H3. The van der Waals surface area contributed by atoms with Crippen LogP contribution < -0.4 is 0 Å². The lowest BCUT2D eigenvalue weighted by molar-refractivity contribution is 0.222. The number of tetrazole rings is 1. The van der Waals surface area contributed by atoms with Gasteiger partial charge in [-0.3, -0.25) is 4.90 Å². The van der Waals surface area contributed by atoms with Gasteiger partial charge < -0.3 is 0 Å². The van der Waals surface area contributed by atoms with Crippen LogP contribution in [0.5, 0.6) is 0 Å². The minimum atomic E-state index is 0.186. The molecule has 0 aliphatic heterocycles. The maximum absolute atomic E-state index is 4.35. The van der Waals surface area contributed by atoms with Crippen molar-refractivity contribution >= 4 is 11.3 Å². The molecular formula is C14H22N6S. The van der Waals surface area contributed by atoms with Gasteiger partial charge in [-0.05, 0) is 37.2 Å². The number of hydrogen-bond donors (Lipinski definition) is 0. The molecule has 0 amide bonds. The molecule has 0 aromatic carbocycles. The molecule has 2 aromatic rings. The highest BCUT2D eigenvalue weighted by atomic mass is 32.1. The van der Waals surface area contributed by atoms with Crippen LogP contribution in [0, 0.1) is 0 Å². The molecule has 1 atom stereocenters. The van der Waals surface area contributed by atoms with E-state index < -0.39 is 0 Å². The molecule has 3 rings (SSSR count). The van der Waals surface area contributed by atoms with E-state index >= 15 is 0 Å². The second-order valence-corrected chi connectivity index (χ2v) is 6.77. The van der Waals surface area contributed by atoms with Gasteiger partial charge in [0.2, 0.25) is 0 Å². The lowest BCUT2D eigenvalue weighted by Gasteiger charge is -2.27. The van der Waals surface area contributed by atoms with Crippen LogP contribution in [0.3, 0.4) is 0 Å². The van der Waals surface area contributed by atoms with Gasteiger partial charge in [0.05, 0.1) is 18.6 Å². The molecule has 0 saturated heterocycles. The van der Waals surface area contributed by atoms with Crippen molar-refractivity contribution < 1.29 is 0 Å². The fourth-order valence-corrected chi connectivity index (χ4v) is 3.62. The summed E-state index contributed by atoms with van der Waals surface area (Å²) in [5.74, 6) is 0.973. The lowest BCUT2D eigenvalue weighted by atomic mass is 9.95. The Bertz CT molecular complexity index is 546. The predicted molar refractivity (Wildman–Crippen MR) is 81.9 cm³/mol. The van der Waals surface area contributed by atoms with Crippen LogP contribution in [0.2, 0.25) is 0 Å².